The van der Waals surface area contributed by atoms with Gasteiger partial charge in [0.05, 0.1) is 0 Å². The van der Waals surface area contributed by atoms with E-state index in [4.69, 9.17) is 5.73 Å². The molecule has 0 aromatic heterocycles. The number of nitrogens with two attached hydrogens (primary N) is 1. The fourth-order valence-electron chi connectivity index (χ4n) is 3.30. The van der Waals surface area contributed by atoms with E-state index in [1.807, 2.05) is 0 Å². The van der Waals surface area contributed by atoms with Crippen molar-refractivity contribution in [3.05, 3.63) is 0 Å². The van der Waals surface area contributed by atoms with Crippen molar-refractivity contribution in [1.29, 1.82) is 0 Å². The fourth-order valence-corrected chi connectivity index (χ4v) is 3.30. The Morgan fingerprint density at radius 1 is 0.941 bits per heavy atom. The van der Waals surface area contributed by atoms with Crippen LogP contribution < -0.4 is 5.73 Å². The molecule has 2 aliphatic rings. The predicted molar refractivity (Wildman–Crippen MR) is 73.1 cm³/mol. The topological polar surface area (TPSA) is 32.5 Å². The normalized spacial score (nSPS) is 33.5. The lowest BCUT2D eigenvalue weighted by Crippen LogP contribution is -2.35. The summed E-state index contributed by atoms with van der Waals surface area (Å²) in [4.78, 5) is 5.16. The van der Waals surface area contributed by atoms with E-state index in [0.29, 0.717) is 0 Å². The smallest absolute Gasteiger partial charge is 0.0109 e. The van der Waals surface area contributed by atoms with Gasteiger partial charge in [0.15, 0.2) is 0 Å². The van der Waals surface area contributed by atoms with E-state index < -0.39 is 0 Å². The first-order valence-electron chi connectivity index (χ1n) is 7.39. The first-order valence-corrected chi connectivity index (χ1v) is 7.39. The number of rotatable bonds is 3. The lowest BCUT2D eigenvalue weighted by molar-refractivity contribution is 0.185. The number of likely N-dealkylation sites (N-methyl/N-ethyl adjacent to an activating group) is 1. The number of nitrogens with zero attached hydrogens (tertiary/aromatic N) is 2. The quantitative estimate of drug-likeness (QED) is 0.808. The molecule has 0 radical (unpaired) electrons. The van der Waals surface area contributed by atoms with Gasteiger partial charge in [-0.2, -0.15) is 0 Å². The highest BCUT2D eigenvalue weighted by Gasteiger charge is 2.22. The van der Waals surface area contributed by atoms with Crippen LogP contribution in [0, 0.1) is 11.8 Å². The fraction of sp³-hybridized carbons (Fsp3) is 1.00. The van der Waals surface area contributed by atoms with Crippen LogP contribution in [0.1, 0.15) is 32.1 Å². The van der Waals surface area contributed by atoms with E-state index >= 15 is 0 Å². The molecule has 1 heterocycles. The molecule has 2 fully saturated rings. The molecule has 3 heteroatoms. The summed E-state index contributed by atoms with van der Waals surface area (Å²) in [5.41, 5.74) is 5.75. The Hall–Kier alpha value is -0.120. The third kappa shape index (κ3) is 4.23. The SMILES string of the molecule is CN1CCCN(CC2CCC(CN)CC2)CC1. The largest absolute Gasteiger partial charge is 0.330 e. The van der Waals surface area contributed by atoms with Crippen LogP contribution >= 0.6 is 0 Å². The van der Waals surface area contributed by atoms with Crippen molar-refractivity contribution < 1.29 is 0 Å². The third-order valence-corrected chi connectivity index (χ3v) is 4.63. The Bertz CT molecular complexity index is 212. The Morgan fingerprint density at radius 3 is 2.35 bits per heavy atom. The van der Waals surface area contributed by atoms with Crippen LogP contribution in [0.3, 0.4) is 0 Å². The van der Waals surface area contributed by atoms with Gasteiger partial charge in [0, 0.05) is 19.6 Å². The summed E-state index contributed by atoms with van der Waals surface area (Å²) in [6.07, 6.45) is 6.90. The maximum Gasteiger partial charge on any atom is 0.0109 e. The number of hydrogen-bond donors (Lipinski definition) is 1. The number of hydrogen-bond acceptors (Lipinski definition) is 3. The molecule has 1 saturated carbocycles. The average Bonchev–Trinajstić information content (AvgIpc) is 2.56. The second kappa shape index (κ2) is 6.72. The summed E-state index contributed by atoms with van der Waals surface area (Å²) in [7, 11) is 2.25. The van der Waals surface area contributed by atoms with E-state index in [1.54, 1.807) is 0 Å². The van der Waals surface area contributed by atoms with Crippen molar-refractivity contribution in [3.8, 4) is 0 Å². The van der Waals surface area contributed by atoms with Gasteiger partial charge in [-0.15, -0.1) is 0 Å². The molecular formula is C14H29N3. The minimum atomic E-state index is 0.821. The van der Waals surface area contributed by atoms with Crippen LogP contribution in [-0.4, -0.2) is 56.1 Å². The van der Waals surface area contributed by atoms with Gasteiger partial charge in [0.2, 0.25) is 0 Å². The van der Waals surface area contributed by atoms with Gasteiger partial charge in [-0.25, -0.2) is 0 Å². The van der Waals surface area contributed by atoms with Gasteiger partial charge in [-0.05, 0) is 70.6 Å². The van der Waals surface area contributed by atoms with E-state index in [0.717, 1.165) is 18.4 Å². The van der Waals surface area contributed by atoms with Crippen molar-refractivity contribution in [3.63, 3.8) is 0 Å². The van der Waals surface area contributed by atoms with E-state index in [-0.39, 0.29) is 0 Å². The van der Waals surface area contributed by atoms with Crippen LogP contribution in [0.5, 0.6) is 0 Å². The van der Waals surface area contributed by atoms with Crippen LogP contribution in [0.4, 0.5) is 0 Å². The molecular weight excluding hydrogens is 210 g/mol. The second-order valence-electron chi connectivity index (χ2n) is 6.08. The Morgan fingerprint density at radius 2 is 1.65 bits per heavy atom. The summed E-state index contributed by atoms with van der Waals surface area (Å²) >= 11 is 0. The molecule has 0 amide bonds. The monoisotopic (exact) mass is 239 g/mol. The van der Waals surface area contributed by atoms with Crippen molar-refractivity contribution in [2.24, 2.45) is 17.6 Å². The van der Waals surface area contributed by atoms with Crippen LogP contribution in [0.25, 0.3) is 0 Å². The molecule has 0 bridgehead atoms. The lowest BCUT2D eigenvalue weighted by Gasteiger charge is -2.31. The second-order valence-corrected chi connectivity index (χ2v) is 6.08. The van der Waals surface area contributed by atoms with Gasteiger partial charge in [-0.3, -0.25) is 0 Å². The van der Waals surface area contributed by atoms with Crippen molar-refractivity contribution >= 4 is 0 Å². The highest BCUT2D eigenvalue weighted by Crippen LogP contribution is 2.28. The molecule has 0 unspecified atom stereocenters. The molecule has 1 saturated heterocycles. The van der Waals surface area contributed by atoms with Crippen LogP contribution in [0.2, 0.25) is 0 Å². The maximum absolute atomic E-state index is 5.75. The summed E-state index contributed by atoms with van der Waals surface area (Å²) in [6, 6.07) is 0. The minimum Gasteiger partial charge on any atom is -0.330 e. The molecule has 100 valence electrons. The zero-order chi connectivity index (χ0) is 12.1. The summed E-state index contributed by atoms with van der Waals surface area (Å²) < 4.78 is 0. The van der Waals surface area contributed by atoms with Crippen molar-refractivity contribution in [2.75, 3.05) is 46.3 Å². The first kappa shape index (κ1) is 13.3. The molecule has 2 N–H and O–H groups in total. The zero-order valence-corrected chi connectivity index (χ0v) is 11.4. The van der Waals surface area contributed by atoms with Gasteiger partial charge in [0.1, 0.15) is 0 Å². The molecule has 1 aliphatic carbocycles. The van der Waals surface area contributed by atoms with Crippen LogP contribution in [-0.2, 0) is 0 Å². The highest BCUT2D eigenvalue weighted by atomic mass is 15.2. The Balaban J connectivity index is 1.70. The maximum atomic E-state index is 5.75. The minimum absolute atomic E-state index is 0.821. The lowest BCUT2D eigenvalue weighted by atomic mass is 9.82. The van der Waals surface area contributed by atoms with Gasteiger partial charge in [-0.1, -0.05) is 0 Å². The van der Waals surface area contributed by atoms with E-state index in [9.17, 15) is 0 Å². The van der Waals surface area contributed by atoms with Crippen molar-refractivity contribution in [1.82, 2.24) is 9.80 Å². The van der Waals surface area contributed by atoms with E-state index in [1.165, 1.54) is 64.8 Å². The molecule has 1 aliphatic heterocycles. The standard InChI is InChI=1S/C14H29N3/c1-16-7-2-8-17(10-9-16)12-14-5-3-13(11-15)4-6-14/h13-14H,2-12,15H2,1H3. The molecule has 2 rings (SSSR count). The molecule has 0 aromatic carbocycles. The Kier molecular flexibility index (Phi) is 5.26. The van der Waals surface area contributed by atoms with Crippen LogP contribution in [0.15, 0.2) is 0 Å². The van der Waals surface area contributed by atoms with Gasteiger partial charge < -0.3 is 15.5 Å². The molecule has 0 aromatic rings. The molecule has 0 atom stereocenters. The van der Waals surface area contributed by atoms with Gasteiger partial charge in [0.25, 0.3) is 0 Å². The predicted octanol–water partition coefficient (Wildman–Crippen LogP) is 1.39. The first-order chi connectivity index (χ1) is 8.28. The molecule has 17 heavy (non-hydrogen) atoms. The third-order valence-electron chi connectivity index (χ3n) is 4.63. The highest BCUT2D eigenvalue weighted by molar-refractivity contribution is 4.77. The summed E-state index contributed by atoms with van der Waals surface area (Å²) in [5.74, 6) is 1.77. The molecule has 0 spiro atoms. The zero-order valence-electron chi connectivity index (χ0n) is 11.4. The summed E-state index contributed by atoms with van der Waals surface area (Å²) in [5, 5.41) is 0. The Labute approximate surface area is 106 Å². The van der Waals surface area contributed by atoms with E-state index in [2.05, 4.69) is 16.8 Å². The summed E-state index contributed by atoms with van der Waals surface area (Å²) in [6.45, 7) is 7.34. The van der Waals surface area contributed by atoms with Gasteiger partial charge >= 0.3 is 0 Å². The average molecular weight is 239 g/mol. The molecule has 3 nitrogen and oxygen atoms in total. The van der Waals surface area contributed by atoms with Crippen molar-refractivity contribution in [2.45, 2.75) is 32.1 Å².